The number of esters is 2. The van der Waals surface area contributed by atoms with Crippen molar-refractivity contribution < 1.29 is 28.7 Å². The number of Topliss-reactive ketones (excluding diaryl/α,β-unsaturated/α-hetero) is 2. The highest BCUT2D eigenvalue weighted by Gasteiger charge is 2.33. The largest absolute Gasteiger partial charge is 0.426 e. The Morgan fingerprint density at radius 2 is 0.783 bits per heavy atom. The van der Waals surface area contributed by atoms with Crippen LogP contribution in [0.15, 0.2) is 0 Å². The molecule has 0 saturated carbocycles. The van der Waals surface area contributed by atoms with Crippen LogP contribution in [-0.2, 0) is 28.7 Å². The third kappa shape index (κ3) is 28.5. The quantitative estimate of drug-likeness (QED) is 0.0223. The van der Waals surface area contributed by atoms with E-state index < -0.39 is 35.7 Å². The molecule has 0 heterocycles. The van der Waals surface area contributed by atoms with Crippen LogP contribution in [0, 0.1) is 5.92 Å². The first-order valence-electron chi connectivity index (χ1n) is 19.8. The van der Waals surface area contributed by atoms with Crippen LogP contribution in [0.2, 0.25) is 0 Å². The van der Waals surface area contributed by atoms with E-state index in [1.807, 2.05) is 0 Å². The summed E-state index contributed by atoms with van der Waals surface area (Å²) in [7, 11) is 0. The minimum Gasteiger partial charge on any atom is -0.426 e. The van der Waals surface area contributed by atoms with Crippen molar-refractivity contribution in [2.45, 2.75) is 227 Å². The molecule has 0 aromatic rings. The first-order chi connectivity index (χ1) is 22.3. The van der Waals surface area contributed by atoms with Gasteiger partial charge in [-0.1, -0.05) is 187 Å². The van der Waals surface area contributed by atoms with Crippen LogP contribution in [0.25, 0.3) is 0 Å². The van der Waals surface area contributed by atoms with Crippen LogP contribution in [0.5, 0.6) is 0 Å². The van der Waals surface area contributed by atoms with Crippen LogP contribution >= 0.6 is 0 Å². The normalized spacial score (nSPS) is 12.5. The van der Waals surface area contributed by atoms with Crippen LogP contribution < -0.4 is 0 Å². The zero-order valence-electron chi connectivity index (χ0n) is 30.8. The molecule has 0 saturated heterocycles. The second-order valence-corrected chi connectivity index (χ2v) is 13.7. The number of hydrogen-bond donors (Lipinski definition) is 0. The summed E-state index contributed by atoms with van der Waals surface area (Å²) in [5, 5.41) is 0. The van der Waals surface area contributed by atoms with Gasteiger partial charge in [0.05, 0.1) is 0 Å². The van der Waals surface area contributed by atoms with Gasteiger partial charge in [0.2, 0.25) is 12.1 Å². The van der Waals surface area contributed by atoms with Crippen molar-refractivity contribution in [3.63, 3.8) is 0 Å². The van der Waals surface area contributed by atoms with E-state index in [1.54, 1.807) is 0 Å². The maximum Gasteiger partial charge on any atom is 0.320 e. The lowest BCUT2D eigenvalue weighted by Gasteiger charge is -2.18. The molecule has 6 nitrogen and oxygen atoms in total. The lowest BCUT2D eigenvalue weighted by molar-refractivity contribution is -0.186. The van der Waals surface area contributed by atoms with E-state index in [1.165, 1.54) is 149 Å². The van der Waals surface area contributed by atoms with Gasteiger partial charge in [0.25, 0.3) is 0 Å². The maximum atomic E-state index is 13.1. The van der Waals surface area contributed by atoms with Gasteiger partial charge >= 0.3 is 11.9 Å². The predicted molar refractivity (Wildman–Crippen MR) is 191 cm³/mol. The van der Waals surface area contributed by atoms with E-state index in [0.717, 1.165) is 32.1 Å². The molecule has 46 heavy (non-hydrogen) atoms. The Kier molecular flexibility index (Phi) is 32.0. The first-order valence-corrected chi connectivity index (χ1v) is 19.8. The molecule has 0 aromatic carbocycles. The van der Waals surface area contributed by atoms with Gasteiger partial charge in [0.15, 0.2) is 5.78 Å². The Balaban J connectivity index is 4.26. The molecule has 6 heteroatoms. The van der Waals surface area contributed by atoms with Crippen molar-refractivity contribution in [2.24, 2.45) is 5.92 Å². The summed E-state index contributed by atoms with van der Waals surface area (Å²) in [6.07, 6.45) is 33.6. The van der Waals surface area contributed by atoms with E-state index in [4.69, 9.17) is 9.47 Å². The highest BCUT2D eigenvalue weighted by atomic mass is 16.7. The molecule has 0 spiro atoms. The third-order valence-corrected chi connectivity index (χ3v) is 9.09. The first kappa shape index (κ1) is 44.3. The number of unbranched alkanes of at least 4 members (excludes halogenated alkanes) is 26. The number of rotatable bonds is 35. The van der Waals surface area contributed by atoms with E-state index in [0.29, 0.717) is 19.3 Å². The molecule has 0 bridgehead atoms. The minimum absolute atomic E-state index is 0.179. The van der Waals surface area contributed by atoms with Crippen LogP contribution in [0.1, 0.15) is 220 Å². The Bertz CT molecular complexity index is 748. The van der Waals surface area contributed by atoms with Crippen LogP contribution in [-0.4, -0.2) is 29.8 Å². The average Bonchev–Trinajstić information content (AvgIpc) is 3.02. The standard InChI is InChI=1S/C40H74O6/c1-5-7-9-11-13-15-17-19-21-23-25-27-29-31-33-37(40(44)46-36(4)45-35(3)41)39(43)38(42)34-32-30-28-26-24-22-20-18-16-14-12-10-8-6-2/h36-37H,5-34H2,1-4H3. The van der Waals surface area contributed by atoms with Gasteiger partial charge < -0.3 is 9.47 Å². The molecule has 2 unspecified atom stereocenters. The summed E-state index contributed by atoms with van der Waals surface area (Å²) in [5.74, 6) is -3.57. The summed E-state index contributed by atoms with van der Waals surface area (Å²) < 4.78 is 10.2. The molecule has 0 aliphatic rings. The SMILES string of the molecule is CCCCCCCCCCCCCCCCC(=O)C(=O)C(CCCCCCCCCCCCCCCC)C(=O)OC(C)OC(C)=O. The predicted octanol–water partition coefficient (Wildman–Crippen LogP) is 11.9. The Hall–Kier alpha value is -1.72. The number of carbonyl (C=O) groups is 4. The molecule has 0 aromatic heterocycles. The fourth-order valence-electron chi connectivity index (χ4n) is 6.20. The van der Waals surface area contributed by atoms with E-state index in [-0.39, 0.29) is 6.42 Å². The monoisotopic (exact) mass is 651 g/mol. The molecule has 0 amide bonds. The van der Waals surface area contributed by atoms with Gasteiger partial charge in [-0.2, -0.15) is 0 Å². The minimum atomic E-state index is -1.12. The van der Waals surface area contributed by atoms with Gasteiger partial charge in [0, 0.05) is 20.3 Å². The molecule has 0 aliphatic carbocycles. The molecule has 270 valence electrons. The molecule has 0 radical (unpaired) electrons. The molecule has 0 fully saturated rings. The highest BCUT2D eigenvalue weighted by molar-refractivity contribution is 6.41. The van der Waals surface area contributed by atoms with Crippen molar-refractivity contribution in [1.82, 2.24) is 0 Å². The lowest BCUT2D eigenvalue weighted by atomic mass is 9.92. The van der Waals surface area contributed by atoms with Crippen molar-refractivity contribution in [1.29, 1.82) is 0 Å². The van der Waals surface area contributed by atoms with Crippen LogP contribution in [0.4, 0.5) is 0 Å². The summed E-state index contributed by atoms with van der Waals surface area (Å²) in [6.45, 7) is 7.19. The van der Waals surface area contributed by atoms with Gasteiger partial charge in [0.1, 0.15) is 5.92 Å². The van der Waals surface area contributed by atoms with E-state index >= 15 is 0 Å². The molecule has 0 rings (SSSR count). The zero-order chi connectivity index (χ0) is 34.1. The summed E-state index contributed by atoms with van der Waals surface area (Å²) in [5.41, 5.74) is 0. The van der Waals surface area contributed by atoms with Gasteiger partial charge in [-0.05, 0) is 12.8 Å². The number of ether oxygens (including phenoxy) is 2. The number of ketones is 2. The van der Waals surface area contributed by atoms with Crippen molar-refractivity contribution in [3.8, 4) is 0 Å². The Morgan fingerprint density at radius 3 is 1.13 bits per heavy atom. The molecule has 2 atom stereocenters. The van der Waals surface area contributed by atoms with Gasteiger partial charge in [-0.3, -0.25) is 19.2 Å². The second-order valence-electron chi connectivity index (χ2n) is 13.7. The highest BCUT2D eigenvalue weighted by Crippen LogP contribution is 2.19. The Morgan fingerprint density at radius 1 is 0.457 bits per heavy atom. The summed E-state index contributed by atoms with van der Waals surface area (Å²) in [4.78, 5) is 49.9. The fourth-order valence-corrected chi connectivity index (χ4v) is 6.20. The molecular formula is C40H74O6. The van der Waals surface area contributed by atoms with Gasteiger partial charge in [-0.15, -0.1) is 0 Å². The van der Waals surface area contributed by atoms with Crippen LogP contribution in [0.3, 0.4) is 0 Å². The Labute approximate surface area is 284 Å². The third-order valence-electron chi connectivity index (χ3n) is 9.09. The topological polar surface area (TPSA) is 86.7 Å². The van der Waals surface area contributed by atoms with E-state index in [9.17, 15) is 19.2 Å². The lowest BCUT2D eigenvalue weighted by Crippen LogP contribution is -2.34. The van der Waals surface area contributed by atoms with Gasteiger partial charge in [-0.25, -0.2) is 0 Å². The second kappa shape index (κ2) is 33.2. The van der Waals surface area contributed by atoms with E-state index in [2.05, 4.69) is 13.8 Å². The van der Waals surface area contributed by atoms with Crippen molar-refractivity contribution in [2.75, 3.05) is 0 Å². The van der Waals surface area contributed by atoms with Crippen molar-refractivity contribution in [3.05, 3.63) is 0 Å². The summed E-state index contributed by atoms with van der Waals surface area (Å²) >= 11 is 0. The zero-order valence-corrected chi connectivity index (χ0v) is 30.8. The van der Waals surface area contributed by atoms with Crippen molar-refractivity contribution >= 4 is 23.5 Å². The number of hydrogen-bond acceptors (Lipinski definition) is 6. The maximum absolute atomic E-state index is 13.1. The molecule has 0 aliphatic heterocycles. The molecule has 0 N–H and O–H groups in total. The fraction of sp³-hybridized carbons (Fsp3) is 0.900. The molecular weight excluding hydrogens is 576 g/mol. The number of carbonyl (C=O) groups excluding carboxylic acids is 4. The summed E-state index contributed by atoms with van der Waals surface area (Å²) in [6, 6.07) is 0. The smallest absolute Gasteiger partial charge is 0.320 e. The average molecular weight is 651 g/mol.